The summed E-state index contributed by atoms with van der Waals surface area (Å²) in [6, 6.07) is 16.5. The van der Waals surface area contributed by atoms with Crippen LogP contribution >= 0.6 is 0 Å². The van der Waals surface area contributed by atoms with Crippen LogP contribution in [0.15, 0.2) is 71.3 Å². The number of furan rings is 1. The first-order valence-electron chi connectivity index (χ1n) is 12.6. The minimum Gasteiger partial charge on any atom is -0.492 e. The number of amides is 1. The summed E-state index contributed by atoms with van der Waals surface area (Å²) in [4.78, 5) is 21.8. The minimum atomic E-state index is -3.77. The predicted molar refractivity (Wildman–Crippen MR) is 152 cm³/mol. The number of nitrogens with one attached hydrogen (secondary N) is 1. The molecule has 1 amide bonds. The van der Waals surface area contributed by atoms with Crippen LogP contribution in [-0.2, 0) is 16.4 Å². The van der Waals surface area contributed by atoms with Gasteiger partial charge in [-0.1, -0.05) is 13.0 Å². The highest BCUT2D eigenvalue weighted by atomic mass is 32.2. The maximum Gasteiger partial charge on any atom is 0.255 e. The summed E-state index contributed by atoms with van der Waals surface area (Å²) in [5.74, 6) is 0.113. The first-order valence-corrected chi connectivity index (χ1v) is 14.4. The van der Waals surface area contributed by atoms with Crippen LogP contribution in [0.25, 0.3) is 33.3 Å². The number of ether oxygens (including phenoxy) is 1. The largest absolute Gasteiger partial charge is 0.492 e. The Balaban J connectivity index is 1.52. The molecule has 5 aromatic rings. The molecule has 3 aromatic heterocycles. The average molecular weight is 563 g/mol. The minimum absolute atomic E-state index is 0.0154. The zero-order valence-electron chi connectivity index (χ0n) is 22.1. The normalized spacial score (nSPS) is 11.6. The number of anilines is 1. The van der Waals surface area contributed by atoms with E-state index in [1.807, 2.05) is 25.1 Å². The van der Waals surface area contributed by atoms with Gasteiger partial charge in [-0.15, -0.1) is 0 Å². The molecule has 5 rings (SSSR count). The van der Waals surface area contributed by atoms with Gasteiger partial charge in [-0.3, -0.25) is 14.1 Å². The number of rotatable bonds is 9. The van der Waals surface area contributed by atoms with Gasteiger partial charge in [0.25, 0.3) is 5.91 Å². The molecule has 2 aromatic carbocycles. The van der Waals surface area contributed by atoms with Gasteiger partial charge in [0.1, 0.15) is 29.8 Å². The molecule has 3 heterocycles. The van der Waals surface area contributed by atoms with Crippen LogP contribution in [0, 0.1) is 5.82 Å². The van der Waals surface area contributed by atoms with Crippen LogP contribution in [-0.4, -0.2) is 50.7 Å². The van der Waals surface area contributed by atoms with E-state index in [4.69, 9.17) is 9.15 Å². The highest BCUT2D eigenvalue weighted by Crippen LogP contribution is 2.36. The Hall–Kier alpha value is -4.51. The van der Waals surface area contributed by atoms with E-state index >= 15 is 0 Å². The molecule has 0 bridgehead atoms. The van der Waals surface area contributed by atoms with Gasteiger partial charge < -0.3 is 14.5 Å². The maximum absolute atomic E-state index is 13.6. The van der Waals surface area contributed by atoms with Gasteiger partial charge in [-0.05, 0) is 60.5 Å². The van der Waals surface area contributed by atoms with E-state index in [0.717, 1.165) is 17.2 Å². The molecule has 0 radical (unpaired) electrons. The lowest BCUT2D eigenvalue weighted by molar-refractivity contribution is 0.0964. The van der Waals surface area contributed by atoms with Crippen LogP contribution in [0.4, 0.5) is 10.2 Å². The molecule has 40 heavy (non-hydrogen) atoms. The van der Waals surface area contributed by atoms with E-state index in [0.29, 0.717) is 28.7 Å². The van der Waals surface area contributed by atoms with Crippen molar-refractivity contribution in [3.8, 4) is 17.1 Å². The van der Waals surface area contributed by atoms with Crippen LogP contribution in [0.1, 0.15) is 22.8 Å². The van der Waals surface area contributed by atoms with Crippen molar-refractivity contribution in [2.24, 2.45) is 0 Å². The van der Waals surface area contributed by atoms with Crippen molar-refractivity contribution >= 4 is 43.8 Å². The topological polar surface area (TPSA) is 115 Å². The number of carbonyl (C=O) groups is 1. The lowest BCUT2D eigenvalue weighted by atomic mass is 10.0. The van der Waals surface area contributed by atoms with E-state index in [1.165, 1.54) is 35.6 Å². The van der Waals surface area contributed by atoms with Crippen LogP contribution in [0.2, 0.25) is 0 Å². The second-order valence-electron chi connectivity index (χ2n) is 9.11. The highest BCUT2D eigenvalue weighted by molar-refractivity contribution is 7.92. The summed E-state index contributed by atoms with van der Waals surface area (Å²) in [7, 11) is -2.28. The Morgan fingerprint density at radius 1 is 1.12 bits per heavy atom. The quantitative estimate of drug-likeness (QED) is 0.270. The molecule has 0 unspecified atom stereocenters. The van der Waals surface area contributed by atoms with Gasteiger partial charge in [-0.2, -0.15) is 4.98 Å². The SMILES string of the molecule is CCc1cc2c(C(=O)NC)c(-c3ccc(F)cc3)oc2nc1N(CCOc1ccc2cccnc2c1)S(C)(=O)=O. The third-order valence-electron chi connectivity index (χ3n) is 6.46. The number of aryl methyl sites for hydroxylation is 1. The Bertz CT molecular complexity index is 1820. The third-order valence-corrected chi connectivity index (χ3v) is 7.61. The zero-order valence-corrected chi connectivity index (χ0v) is 23.0. The summed E-state index contributed by atoms with van der Waals surface area (Å²) >= 11 is 0. The second kappa shape index (κ2) is 10.9. The van der Waals surface area contributed by atoms with Gasteiger partial charge >= 0.3 is 0 Å². The molecule has 206 valence electrons. The van der Waals surface area contributed by atoms with Crippen molar-refractivity contribution in [3.05, 3.63) is 83.8 Å². The van der Waals surface area contributed by atoms with Gasteiger partial charge in [0.2, 0.25) is 15.7 Å². The van der Waals surface area contributed by atoms with E-state index < -0.39 is 21.7 Å². The molecule has 0 saturated carbocycles. The molecule has 0 aliphatic rings. The van der Waals surface area contributed by atoms with E-state index in [2.05, 4.69) is 15.3 Å². The standard InChI is InChI=1S/C29H27FN4O5S/c1-4-18-16-23-25(28(35)31-2)26(20-7-10-21(30)11-8-20)39-29(23)33-27(18)34(40(3,36)37)14-15-38-22-12-9-19-6-5-13-32-24(19)17-22/h5-13,16-17H,4,14-15H2,1-3H3,(H,31,35). The number of hydrogen-bond donors (Lipinski definition) is 1. The van der Waals surface area contributed by atoms with E-state index in [9.17, 15) is 17.6 Å². The van der Waals surface area contributed by atoms with E-state index in [-0.39, 0.29) is 36.0 Å². The molecule has 0 spiro atoms. The third kappa shape index (κ3) is 5.32. The summed E-state index contributed by atoms with van der Waals surface area (Å²) in [6.45, 7) is 1.90. The van der Waals surface area contributed by atoms with Crippen LogP contribution in [0.3, 0.4) is 0 Å². The van der Waals surface area contributed by atoms with Crippen molar-refractivity contribution in [1.82, 2.24) is 15.3 Å². The Morgan fingerprint density at radius 2 is 1.90 bits per heavy atom. The molecular formula is C29H27FN4O5S. The number of carbonyl (C=O) groups excluding carboxylic acids is 1. The Morgan fingerprint density at radius 3 is 2.60 bits per heavy atom. The van der Waals surface area contributed by atoms with Gasteiger partial charge in [0.15, 0.2) is 0 Å². The number of pyridine rings is 2. The smallest absolute Gasteiger partial charge is 0.255 e. The molecule has 11 heteroatoms. The molecule has 0 aliphatic heterocycles. The number of benzene rings is 2. The molecule has 0 aliphatic carbocycles. The van der Waals surface area contributed by atoms with Crippen molar-refractivity contribution in [2.45, 2.75) is 13.3 Å². The number of sulfonamides is 1. The number of hydrogen-bond acceptors (Lipinski definition) is 7. The highest BCUT2D eigenvalue weighted by Gasteiger charge is 2.27. The molecule has 9 nitrogen and oxygen atoms in total. The number of fused-ring (bicyclic) bond motifs is 2. The first kappa shape index (κ1) is 27.1. The summed E-state index contributed by atoms with van der Waals surface area (Å²) in [5.41, 5.74) is 2.17. The fourth-order valence-corrected chi connectivity index (χ4v) is 5.38. The fraction of sp³-hybridized carbons (Fsp3) is 0.207. The van der Waals surface area contributed by atoms with Crippen LogP contribution in [0.5, 0.6) is 5.75 Å². The monoisotopic (exact) mass is 562 g/mol. The zero-order chi connectivity index (χ0) is 28.4. The van der Waals surface area contributed by atoms with Crippen molar-refractivity contribution < 1.29 is 26.8 Å². The van der Waals surface area contributed by atoms with Crippen molar-refractivity contribution in [3.63, 3.8) is 0 Å². The summed E-state index contributed by atoms with van der Waals surface area (Å²) in [5, 5.41) is 4.00. The van der Waals surface area contributed by atoms with Gasteiger partial charge in [0.05, 0.1) is 29.3 Å². The lowest BCUT2D eigenvalue weighted by Crippen LogP contribution is -2.35. The second-order valence-corrected chi connectivity index (χ2v) is 11.0. The molecule has 0 saturated heterocycles. The lowest BCUT2D eigenvalue weighted by Gasteiger charge is -2.23. The predicted octanol–water partition coefficient (Wildman–Crippen LogP) is 4.95. The molecule has 1 N–H and O–H groups in total. The summed E-state index contributed by atoms with van der Waals surface area (Å²) in [6.07, 6.45) is 3.23. The maximum atomic E-state index is 13.6. The Labute approximate surface area is 230 Å². The first-order chi connectivity index (χ1) is 19.2. The molecule has 0 fully saturated rings. The number of nitrogens with zero attached hydrogens (tertiary/aromatic N) is 3. The average Bonchev–Trinajstić information content (AvgIpc) is 3.32. The van der Waals surface area contributed by atoms with Crippen molar-refractivity contribution in [1.29, 1.82) is 0 Å². The van der Waals surface area contributed by atoms with Crippen molar-refractivity contribution in [2.75, 3.05) is 30.8 Å². The van der Waals surface area contributed by atoms with Crippen LogP contribution < -0.4 is 14.4 Å². The summed E-state index contributed by atoms with van der Waals surface area (Å²) < 4.78 is 52.5. The molecule has 0 atom stereocenters. The van der Waals surface area contributed by atoms with Gasteiger partial charge in [0, 0.05) is 30.3 Å². The molecular weight excluding hydrogens is 535 g/mol. The number of aromatic nitrogens is 2. The van der Waals surface area contributed by atoms with E-state index in [1.54, 1.807) is 24.4 Å². The number of halogens is 1. The van der Waals surface area contributed by atoms with Gasteiger partial charge in [-0.25, -0.2) is 12.8 Å². The Kier molecular flexibility index (Phi) is 7.40. The fourth-order valence-electron chi connectivity index (χ4n) is 4.50.